The lowest BCUT2D eigenvalue weighted by Crippen LogP contribution is -2.36. The number of nitrogens with one attached hydrogen (secondary N) is 1. The Balaban J connectivity index is 1.62. The van der Waals surface area contributed by atoms with E-state index in [-0.39, 0.29) is 29.1 Å². The molecule has 2 aliphatic heterocycles. The summed E-state index contributed by atoms with van der Waals surface area (Å²) in [5.74, 6) is -0.710. The second-order valence-electron chi connectivity index (χ2n) is 6.53. The van der Waals surface area contributed by atoms with Gasteiger partial charge in [-0.15, -0.1) is 0 Å². The maximum atomic E-state index is 12.5. The van der Waals surface area contributed by atoms with E-state index in [1.54, 1.807) is 4.90 Å². The average molecular weight is 266 g/mol. The van der Waals surface area contributed by atoms with E-state index in [9.17, 15) is 9.59 Å². The highest BCUT2D eigenvalue weighted by Crippen LogP contribution is 2.59. The molecule has 5 nitrogen and oxygen atoms in total. The van der Waals surface area contributed by atoms with Crippen molar-refractivity contribution in [2.24, 2.45) is 23.2 Å². The summed E-state index contributed by atoms with van der Waals surface area (Å²) >= 11 is 0. The second-order valence-corrected chi connectivity index (χ2v) is 6.53. The van der Waals surface area contributed by atoms with E-state index < -0.39 is 5.97 Å². The summed E-state index contributed by atoms with van der Waals surface area (Å²) < 4.78 is 0. The van der Waals surface area contributed by atoms with Crippen LogP contribution in [0.5, 0.6) is 0 Å². The minimum atomic E-state index is -0.768. The number of carboxylic acids is 1. The van der Waals surface area contributed by atoms with Crippen LogP contribution in [-0.2, 0) is 9.59 Å². The third-order valence-corrected chi connectivity index (χ3v) is 5.33. The quantitative estimate of drug-likeness (QED) is 0.766. The number of piperidine rings is 1. The first-order valence-electron chi connectivity index (χ1n) is 7.26. The highest BCUT2D eigenvalue weighted by atomic mass is 16.4. The van der Waals surface area contributed by atoms with Gasteiger partial charge in [-0.2, -0.15) is 0 Å². The zero-order valence-electron chi connectivity index (χ0n) is 11.4. The van der Waals surface area contributed by atoms with Gasteiger partial charge in [-0.1, -0.05) is 6.92 Å². The number of rotatable bonds is 2. The first-order valence-corrected chi connectivity index (χ1v) is 7.26. The van der Waals surface area contributed by atoms with Gasteiger partial charge in [-0.05, 0) is 43.7 Å². The highest BCUT2D eigenvalue weighted by molar-refractivity contribution is 5.84. The molecule has 2 saturated heterocycles. The van der Waals surface area contributed by atoms with Crippen molar-refractivity contribution in [2.45, 2.75) is 26.2 Å². The summed E-state index contributed by atoms with van der Waals surface area (Å²) in [7, 11) is 0. The van der Waals surface area contributed by atoms with Crippen LogP contribution in [0.2, 0.25) is 0 Å². The Hall–Kier alpha value is -1.10. The van der Waals surface area contributed by atoms with Crippen LogP contribution in [0.25, 0.3) is 0 Å². The Bertz CT molecular complexity index is 403. The molecule has 3 aliphatic rings. The van der Waals surface area contributed by atoms with Crippen molar-refractivity contribution in [3.8, 4) is 0 Å². The Morgan fingerprint density at radius 1 is 1.26 bits per heavy atom. The zero-order chi connectivity index (χ0) is 13.6. The summed E-state index contributed by atoms with van der Waals surface area (Å²) in [6, 6.07) is 0. The van der Waals surface area contributed by atoms with Crippen LogP contribution in [0, 0.1) is 23.2 Å². The lowest BCUT2D eigenvalue weighted by atomic mass is 9.91. The smallest absolute Gasteiger partial charge is 0.308 e. The highest BCUT2D eigenvalue weighted by Gasteiger charge is 2.59. The number of hydrogen-bond acceptors (Lipinski definition) is 3. The van der Waals surface area contributed by atoms with E-state index >= 15 is 0 Å². The third kappa shape index (κ3) is 2.14. The zero-order valence-corrected chi connectivity index (χ0v) is 11.4. The molecule has 3 unspecified atom stereocenters. The largest absolute Gasteiger partial charge is 0.481 e. The van der Waals surface area contributed by atoms with E-state index in [0.29, 0.717) is 13.1 Å². The molecule has 3 fully saturated rings. The number of carbonyl (C=O) groups is 2. The molecule has 2 N–H and O–H groups in total. The second kappa shape index (κ2) is 4.47. The number of hydrogen-bond donors (Lipinski definition) is 2. The normalized spacial score (nSPS) is 36.5. The van der Waals surface area contributed by atoms with Gasteiger partial charge in [0.2, 0.25) is 5.91 Å². The Kier molecular flexibility index (Phi) is 3.04. The number of likely N-dealkylation sites (tertiary alicyclic amines) is 1. The molecule has 106 valence electrons. The lowest BCUT2D eigenvalue weighted by molar-refractivity contribution is -0.142. The minimum Gasteiger partial charge on any atom is -0.481 e. The van der Waals surface area contributed by atoms with Crippen molar-refractivity contribution >= 4 is 11.9 Å². The fraction of sp³-hybridized carbons (Fsp3) is 0.857. The van der Waals surface area contributed by atoms with Crippen LogP contribution in [0.4, 0.5) is 0 Å². The van der Waals surface area contributed by atoms with E-state index in [4.69, 9.17) is 5.11 Å². The van der Waals surface area contributed by atoms with E-state index in [1.807, 2.05) is 6.92 Å². The Morgan fingerprint density at radius 3 is 2.53 bits per heavy atom. The molecule has 0 bridgehead atoms. The summed E-state index contributed by atoms with van der Waals surface area (Å²) in [5.41, 5.74) is 0.243. The number of carbonyl (C=O) groups excluding carboxylic acids is 1. The van der Waals surface area contributed by atoms with Crippen LogP contribution in [-0.4, -0.2) is 48.1 Å². The van der Waals surface area contributed by atoms with E-state index in [0.717, 1.165) is 32.4 Å². The van der Waals surface area contributed by atoms with Crippen molar-refractivity contribution in [2.75, 3.05) is 26.2 Å². The third-order valence-electron chi connectivity index (χ3n) is 5.33. The molecule has 1 aliphatic carbocycles. The molecule has 1 spiro atoms. The molecule has 5 heteroatoms. The van der Waals surface area contributed by atoms with Gasteiger partial charge in [-0.25, -0.2) is 0 Å². The fourth-order valence-corrected chi connectivity index (χ4v) is 3.86. The first kappa shape index (κ1) is 12.9. The van der Waals surface area contributed by atoms with Crippen LogP contribution in [0.3, 0.4) is 0 Å². The van der Waals surface area contributed by atoms with Gasteiger partial charge in [0.25, 0.3) is 0 Å². The molecule has 3 atom stereocenters. The maximum Gasteiger partial charge on any atom is 0.308 e. The number of aliphatic carboxylic acids is 1. The van der Waals surface area contributed by atoms with Gasteiger partial charge in [0.1, 0.15) is 0 Å². The summed E-state index contributed by atoms with van der Waals surface area (Å²) in [4.78, 5) is 25.4. The predicted octanol–water partition coefficient (Wildman–Crippen LogP) is 0.555. The number of nitrogens with zero attached hydrogens (tertiary/aromatic N) is 1. The van der Waals surface area contributed by atoms with Gasteiger partial charge in [-0.3, -0.25) is 9.59 Å². The summed E-state index contributed by atoms with van der Waals surface area (Å²) in [6.45, 7) is 4.97. The predicted molar refractivity (Wildman–Crippen MR) is 69.5 cm³/mol. The van der Waals surface area contributed by atoms with Gasteiger partial charge >= 0.3 is 5.97 Å². The molecule has 0 aromatic carbocycles. The standard InChI is InChI=1S/C14H22N2O3/c1-9-7-16(8-10(9)13(18)19)12(17)11-6-14(11)2-4-15-5-3-14/h9-11,15H,2-8H2,1H3,(H,18,19). The van der Waals surface area contributed by atoms with Crippen LogP contribution in [0.15, 0.2) is 0 Å². The molecule has 2 heterocycles. The lowest BCUT2D eigenvalue weighted by Gasteiger charge is -2.25. The molecule has 3 rings (SSSR count). The summed E-state index contributed by atoms with van der Waals surface area (Å²) in [5, 5.41) is 12.5. The molecular weight excluding hydrogens is 244 g/mol. The molecule has 0 aromatic rings. The molecule has 19 heavy (non-hydrogen) atoms. The SMILES string of the molecule is CC1CN(C(=O)C2CC23CCNCC3)CC1C(=O)O. The molecule has 1 amide bonds. The fourth-order valence-electron chi connectivity index (χ4n) is 3.86. The van der Waals surface area contributed by atoms with Crippen LogP contribution >= 0.6 is 0 Å². The molecular formula is C14H22N2O3. The monoisotopic (exact) mass is 266 g/mol. The van der Waals surface area contributed by atoms with Crippen molar-refractivity contribution in [3.05, 3.63) is 0 Å². The minimum absolute atomic E-state index is 0.0733. The van der Waals surface area contributed by atoms with Gasteiger partial charge < -0.3 is 15.3 Å². The molecule has 0 radical (unpaired) electrons. The van der Waals surface area contributed by atoms with Crippen molar-refractivity contribution < 1.29 is 14.7 Å². The van der Waals surface area contributed by atoms with Crippen LogP contribution < -0.4 is 5.32 Å². The van der Waals surface area contributed by atoms with Crippen molar-refractivity contribution in [1.29, 1.82) is 0 Å². The molecule has 0 aromatic heterocycles. The maximum absolute atomic E-state index is 12.5. The van der Waals surface area contributed by atoms with Crippen LogP contribution in [0.1, 0.15) is 26.2 Å². The first-order chi connectivity index (χ1) is 9.03. The van der Waals surface area contributed by atoms with E-state index in [2.05, 4.69) is 5.32 Å². The Morgan fingerprint density at radius 2 is 1.95 bits per heavy atom. The van der Waals surface area contributed by atoms with Gasteiger partial charge in [0.15, 0.2) is 0 Å². The summed E-state index contributed by atoms with van der Waals surface area (Å²) in [6.07, 6.45) is 3.19. The van der Waals surface area contributed by atoms with Gasteiger partial charge in [0, 0.05) is 19.0 Å². The molecule has 1 saturated carbocycles. The van der Waals surface area contributed by atoms with Crippen molar-refractivity contribution in [1.82, 2.24) is 10.2 Å². The number of amides is 1. The number of carboxylic acid groups (broad SMARTS) is 1. The van der Waals surface area contributed by atoms with Crippen molar-refractivity contribution in [3.63, 3.8) is 0 Å². The topological polar surface area (TPSA) is 69.6 Å². The van der Waals surface area contributed by atoms with Gasteiger partial charge in [0.05, 0.1) is 5.92 Å². The Labute approximate surface area is 113 Å². The average Bonchev–Trinajstić information content (AvgIpc) is 2.91. The van der Waals surface area contributed by atoms with E-state index in [1.165, 1.54) is 0 Å².